The van der Waals surface area contributed by atoms with Gasteiger partial charge in [-0.1, -0.05) is 43.2 Å². The van der Waals surface area contributed by atoms with Gasteiger partial charge in [-0.2, -0.15) is 0 Å². The molecule has 1 aliphatic carbocycles. The highest BCUT2D eigenvalue weighted by Crippen LogP contribution is 2.40. The van der Waals surface area contributed by atoms with Gasteiger partial charge in [0.1, 0.15) is 12.1 Å². The minimum absolute atomic E-state index is 0.0290. The highest BCUT2D eigenvalue weighted by molar-refractivity contribution is 5.88. The van der Waals surface area contributed by atoms with E-state index in [-0.39, 0.29) is 30.3 Å². The van der Waals surface area contributed by atoms with Crippen molar-refractivity contribution in [3.63, 3.8) is 0 Å². The fraction of sp³-hybridized carbons (Fsp3) is 0.625. The van der Waals surface area contributed by atoms with Crippen molar-refractivity contribution in [3.8, 4) is 0 Å². The number of fused-ring (bicyclic) bond motifs is 1. The Kier molecular flexibility index (Phi) is 8.07. The number of amides is 1. The van der Waals surface area contributed by atoms with Crippen molar-refractivity contribution in [2.45, 2.75) is 70.5 Å². The fourth-order valence-electron chi connectivity index (χ4n) is 5.11. The van der Waals surface area contributed by atoms with Crippen LogP contribution in [0.4, 0.5) is 0 Å². The molecule has 1 aromatic rings. The number of esters is 1. The maximum Gasteiger partial charge on any atom is 0.326 e. The summed E-state index contributed by atoms with van der Waals surface area (Å²) in [7, 11) is 0. The Morgan fingerprint density at radius 2 is 1.90 bits per heavy atom. The van der Waals surface area contributed by atoms with E-state index in [2.05, 4.69) is 5.32 Å². The third-order valence-electron chi connectivity index (χ3n) is 6.63. The second-order valence-corrected chi connectivity index (χ2v) is 8.70. The summed E-state index contributed by atoms with van der Waals surface area (Å²) in [6, 6.07) is 7.77. The number of hydrogen-bond donors (Lipinski definition) is 2. The molecule has 0 aromatic heterocycles. The Hall–Kier alpha value is -2.41. The van der Waals surface area contributed by atoms with Gasteiger partial charge in [-0.3, -0.25) is 14.9 Å². The van der Waals surface area contributed by atoms with Crippen LogP contribution in [0.3, 0.4) is 0 Å². The third-order valence-corrected chi connectivity index (χ3v) is 6.63. The van der Waals surface area contributed by atoms with Crippen molar-refractivity contribution in [2.24, 2.45) is 11.8 Å². The largest absolute Gasteiger partial charge is 0.480 e. The molecule has 1 aliphatic heterocycles. The first-order valence-corrected chi connectivity index (χ1v) is 11.4. The number of likely N-dealkylation sites (tertiary alicyclic amines) is 1. The molecule has 170 valence electrons. The Balaban J connectivity index is 1.67. The first-order valence-electron chi connectivity index (χ1n) is 11.4. The summed E-state index contributed by atoms with van der Waals surface area (Å²) < 4.78 is 5.21. The predicted molar refractivity (Wildman–Crippen MR) is 116 cm³/mol. The van der Waals surface area contributed by atoms with Gasteiger partial charge in [0.15, 0.2) is 0 Å². The number of ether oxygens (including phenoxy) is 1. The molecule has 7 heteroatoms. The maximum atomic E-state index is 13.2. The van der Waals surface area contributed by atoms with Crippen molar-refractivity contribution in [1.29, 1.82) is 0 Å². The summed E-state index contributed by atoms with van der Waals surface area (Å²) in [5.74, 6) is -1.29. The maximum absolute atomic E-state index is 13.2. The minimum atomic E-state index is -0.930. The zero-order chi connectivity index (χ0) is 22.4. The normalized spacial score (nSPS) is 24.8. The molecule has 0 spiro atoms. The number of carboxylic acid groups (broad SMARTS) is 1. The first-order chi connectivity index (χ1) is 14.9. The smallest absolute Gasteiger partial charge is 0.326 e. The number of nitrogens with zero attached hydrogens (tertiary/aromatic N) is 1. The van der Waals surface area contributed by atoms with E-state index in [0.29, 0.717) is 19.4 Å². The van der Waals surface area contributed by atoms with E-state index < -0.39 is 24.1 Å². The van der Waals surface area contributed by atoms with Crippen molar-refractivity contribution in [3.05, 3.63) is 35.9 Å². The van der Waals surface area contributed by atoms with Crippen LogP contribution in [0.15, 0.2) is 30.3 Å². The van der Waals surface area contributed by atoms with Crippen molar-refractivity contribution >= 4 is 17.8 Å². The summed E-state index contributed by atoms with van der Waals surface area (Å²) in [5.41, 5.74) is 1.10. The van der Waals surface area contributed by atoms with Gasteiger partial charge >= 0.3 is 11.9 Å². The molecule has 1 aromatic carbocycles. The lowest BCUT2D eigenvalue weighted by Gasteiger charge is -2.29. The Bertz CT molecular complexity index is 768. The van der Waals surface area contributed by atoms with E-state index in [1.165, 1.54) is 4.90 Å². The van der Waals surface area contributed by atoms with Crippen LogP contribution < -0.4 is 5.32 Å². The molecule has 1 saturated heterocycles. The molecule has 2 aliphatic rings. The molecule has 3 unspecified atom stereocenters. The van der Waals surface area contributed by atoms with Gasteiger partial charge in [-0.25, -0.2) is 4.79 Å². The van der Waals surface area contributed by atoms with Gasteiger partial charge in [-0.05, 0) is 56.9 Å². The van der Waals surface area contributed by atoms with E-state index in [1.54, 1.807) is 13.8 Å². The average Bonchev–Trinajstić information content (AvgIpc) is 3.16. The molecular formula is C24H34N2O5. The summed E-state index contributed by atoms with van der Waals surface area (Å²) in [4.78, 5) is 39.3. The number of aliphatic carboxylic acids is 1. The zero-order valence-electron chi connectivity index (χ0n) is 18.5. The molecule has 1 amide bonds. The van der Waals surface area contributed by atoms with Crippen LogP contribution in [0.1, 0.15) is 51.5 Å². The number of nitrogens with one attached hydrogen (secondary N) is 1. The summed E-state index contributed by atoms with van der Waals surface area (Å²) >= 11 is 0. The lowest BCUT2D eigenvalue weighted by atomic mass is 9.78. The van der Waals surface area contributed by atoms with Crippen LogP contribution >= 0.6 is 0 Å². The Labute approximate surface area is 184 Å². The lowest BCUT2D eigenvalue weighted by molar-refractivity contribution is -0.151. The monoisotopic (exact) mass is 430 g/mol. The Morgan fingerprint density at radius 1 is 1.19 bits per heavy atom. The quantitative estimate of drug-likeness (QED) is 0.585. The van der Waals surface area contributed by atoms with Gasteiger partial charge in [0.25, 0.3) is 0 Å². The predicted octanol–water partition coefficient (Wildman–Crippen LogP) is 2.63. The van der Waals surface area contributed by atoms with Crippen molar-refractivity contribution in [2.75, 3.05) is 13.2 Å². The molecule has 0 bridgehead atoms. The van der Waals surface area contributed by atoms with Gasteiger partial charge in [0.2, 0.25) is 5.91 Å². The molecule has 7 nitrogen and oxygen atoms in total. The van der Waals surface area contributed by atoms with Crippen LogP contribution in [0.2, 0.25) is 0 Å². The average molecular weight is 431 g/mol. The Morgan fingerprint density at radius 3 is 2.58 bits per heavy atom. The standard InChI is InChI=1S/C24H34N2O5/c1-3-31-24(30)20(14-13-17-9-5-4-6-10-17)25-16(2)22(27)26-15-18-11-7-8-12-19(18)21(26)23(28)29/h4-6,9-10,16,18-21,25H,3,7-8,11-15H2,1-2H3,(H,28,29)/t16?,18?,19?,20-,21-/m0/s1. The van der Waals surface area contributed by atoms with E-state index in [1.807, 2.05) is 30.3 Å². The topological polar surface area (TPSA) is 95.9 Å². The number of carbonyl (C=O) groups is 3. The van der Waals surface area contributed by atoms with Gasteiger partial charge < -0.3 is 14.7 Å². The number of rotatable bonds is 9. The molecule has 1 saturated carbocycles. The number of benzene rings is 1. The molecule has 2 fully saturated rings. The van der Waals surface area contributed by atoms with Crippen LogP contribution in [0.25, 0.3) is 0 Å². The number of aryl methyl sites for hydroxylation is 1. The van der Waals surface area contributed by atoms with Crippen molar-refractivity contribution < 1.29 is 24.2 Å². The van der Waals surface area contributed by atoms with Crippen molar-refractivity contribution in [1.82, 2.24) is 10.2 Å². The molecule has 2 N–H and O–H groups in total. The molecule has 0 radical (unpaired) electrons. The first kappa shape index (κ1) is 23.3. The second-order valence-electron chi connectivity index (χ2n) is 8.70. The van der Waals surface area contributed by atoms with E-state index in [9.17, 15) is 19.5 Å². The highest BCUT2D eigenvalue weighted by Gasteiger charge is 2.49. The summed E-state index contributed by atoms with van der Waals surface area (Å²) in [6.45, 7) is 4.21. The second kappa shape index (κ2) is 10.8. The van der Waals surface area contributed by atoms with Gasteiger partial charge in [-0.15, -0.1) is 0 Å². The van der Waals surface area contributed by atoms with Gasteiger partial charge in [0.05, 0.1) is 12.6 Å². The van der Waals surface area contributed by atoms with Crippen LogP contribution in [0, 0.1) is 11.8 Å². The SMILES string of the molecule is CCOC(=O)[C@H](CCc1ccccc1)NC(C)C(=O)N1CC2CCCCC2[C@H]1C(=O)O. The van der Waals surface area contributed by atoms with E-state index >= 15 is 0 Å². The lowest BCUT2D eigenvalue weighted by Crippen LogP contribution is -2.54. The van der Waals surface area contributed by atoms with Crippen LogP contribution in [-0.4, -0.2) is 59.1 Å². The summed E-state index contributed by atoms with van der Waals surface area (Å²) in [5, 5.41) is 12.9. The third kappa shape index (κ3) is 5.64. The number of carbonyl (C=O) groups excluding carboxylic acids is 2. The number of carboxylic acids is 1. The molecular weight excluding hydrogens is 396 g/mol. The minimum Gasteiger partial charge on any atom is -0.480 e. The zero-order valence-corrected chi connectivity index (χ0v) is 18.5. The van der Waals surface area contributed by atoms with Crippen LogP contribution in [-0.2, 0) is 25.5 Å². The fourth-order valence-corrected chi connectivity index (χ4v) is 5.11. The molecule has 5 atom stereocenters. The van der Waals surface area contributed by atoms with Crippen LogP contribution in [0.5, 0.6) is 0 Å². The van der Waals surface area contributed by atoms with E-state index in [0.717, 1.165) is 31.2 Å². The number of hydrogen-bond acceptors (Lipinski definition) is 5. The molecule has 1 heterocycles. The highest BCUT2D eigenvalue weighted by atomic mass is 16.5. The van der Waals surface area contributed by atoms with E-state index in [4.69, 9.17) is 4.74 Å². The van der Waals surface area contributed by atoms with Gasteiger partial charge in [0, 0.05) is 6.54 Å². The summed E-state index contributed by atoms with van der Waals surface area (Å²) in [6.07, 6.45) is 5.11. The molecule has 31 heavy (non-hydrogen) atoms. The molecule has 3 rings (SSSR count).